The second kappa shape index (κ2) is 63.0. The summed E-state index contributed by atoms with van der Waals surface area (Å²) in [5, 5.41) is 11.8. The molecule has 82 heavy (non-hydrogen) atoms. The Morgan fingerprint density at radius 2 is 0.695 bits per heavy atom. The molecule has 2 atom stereocenters. The van der Waals surface area contributed by atoms with Crippen LogP contribution in [0.4, 0.5) is 0 Å². The lowest BCUT2D eigenvalue weighted by Crippen LogP contribution is -2.44. The van der Waals surface area contributed by atoms with Crippen LogP contribution in [0.1, 0.15) is 277 Å². The van der Waals surface area contributed by atoms with Gasteiger partial charge in [0.05, 0.1) is 40.3 Å². The Hall–Kier alpha value is -4.05. The smallest absolute Gasteiger partial charge is 0.306 e. The zero-order valence-corrected chi connectivity index (χ0v) is 53.6. The molecule has 0 aromatic rings. The van der Waals surface area contributed by atoms with E-state index in [1.807, 2.05) is 21.1 Å². The SMILES string of the molecule is CC/C=C\C/C=C\C/C=C\C/C=C\C/C=C\C/C=C\C/C=C\C/C=C\C/C=C\CCCC(=O)OC(COC(=O)CCCCCCCCCCCCCCCCCCCCCCCCCCCCCC)COC(OCC[N+](C)(C)C)C(=O)[O-]. The number of carboxylic acids is 1. The minimum atomic E-state index is -1.64. The zero-order chi connectivity index (χ0) is 59.8. The molecule has 0 rings (SSSR count). The van der Waals surface area contributed by atoms with E-state index in [-0.39, 0.29) is 38.6 Å². The highest BCUT2D eigenvalue weighted by Crippen LogP contribution is 2.17. The van der Waals surface area contributed by atoms with Crippen molar-refractivity contribution in [2.24, 2.45) is 0 Å². The maximum Gasteiger partial charge on any atom is 0.306 e. The van der Waals surface area contributed by atoms with E-state index in [9.17, 15) is 19.5 Å². The molecule has 2 unspecified atom stereocenters. The lowest BCUT2D eigenvalue weighted by Gasteiger charge is -2.26. The highest BCUT2D eigenvalue weighted by atomic mass is 16.7. The van der Waals surface area contributed by atoms with Crippen molar-refractivity contribution >= 4 is 17.9 Å². The Labute approximate surface area is 505 Å². The summed E-state index contributed by atoms with van der Waals surface area (Å²) < 4.78 is 22.7. The van der Waals surface area contributed by atoms with Crippen LogP contribution in [0.5, 0.6) is 0 Å². The van der Waals surface area contributed by atoms with Crippen LogP contribution in [0.15, 0.2) is 109 Å². The van der Waals surface area contributed by atoms with Gasteiger partial charge in [0.15, 0.2) is 12.4 Å². The van der Waals surface area contributed by atoms with Gasteiger partial charge in [-0.25, -0.2) is 0 Å². The van der Waals surface area contributed by atoms with Gasteiger partial charge in [0, 0.05) is 12.8 Å². The number of esters is 2. The molecule has 0 amide bonds. The largest absolute Gasteiger partial charge is 0.545 e. The first-order valence-electron chi connectivity index (χ1n) is 33.5. The number of carbonyl (C=O) groups excluding carboxylic acids is 3. The first kappa shape index (κ1) is 78.0. The fraction of sp³-hybridized carbons (Fsp3) is 0.712. The number of unbranched alkanes of at least 4 members (excludes halogenated alkanes) is 28. The van der Waals surface area contributed by atoms with Gasteiger partial charge in [-0.2, -0.15) is 0 Å². The van der Waals surface area contributed by atoms with Crippen molar-refractivity contribution in [1.82, 2.24) is 0 Å². The van der Waals surface area contributed by atoms with Crippen molar-refractivity contribution in [1.29, 1.82) is 0 Å². The normalized spacial score (nSPS) is 13.4. The maximum absolute atomic E-state index is 12.9. The van der Waals surface area contributed by atoms with Crippen LogP contribution in [0.2, 0.25) is 0 Å². The summed E-state index contributed by atoms with van der Waals surface area (Å²) in [5.74, 6) is -2.36. The average molecular weight is 1140 g/mol. The van der Waals surface area contributed by atoms with Gasteiger partial charge in [-0.15, -0.1) is 0 Å². The number of ether oxygens (including phenoxy) is 4. The quantitative estimate of drug-likeness (QED) is 0.0195. The van der Waals surface area contributed by atoms with E-state index >= 15 is 0 Å². The number of likely N-dealkylation sites (N-methyl/N-ethyl adjacent to an activating group) is 1. The molecule has 0 radical (unpaired) electrons. The summed E-state index contributed by atoms with van der Waals surface area (Å²) in [6, 6.07) is 0. The third-order valence-electron chi connectivity index (χ3n) is 14.3. The average Bonchev–Trinajstić information content (AvgIpc) is 3.47. The summed E-state index contributed by atoms with van der Waals surface area (Å²) in [6.07, 6.45) is 84.6. The first-order chi connectivity index (χ1) is 40.1. The molecule has 0 saturated heterocycles. The van der Waals surface area contributed by atoms with Crippen LogP contribution >= 0.6 is 0 Å². The molecule has 0 saturated carbocycles. The standard InChI is InChI=1S/C73H125NO8/c1-6-8-10-12-14-16-18-20-22-24-26-28-30-32-34-36-38-40-42-44-46-48-50-52-54-56-58-60-62-64-71(76)82-69(68-81-73(72(77)78)79-66-65-74(3,4)5)67-80-70(75)63-61-59-57-55-53-51-49-47-45-43-41-39-37-35-33-31-29-27-25-23-21-19-17-15-13-11-9-7-2/h8,10,14,16,20,22,26,28,32,34,38,40,44,46,50,52,56,58,69,73H,6-7,9,11-13,15,17-19,21,23-25,27,29-31,33,35-37,39,41-43,45,47-49,51,53-55,57,59-68H2,1-5H3/b10-8-,16-14-,22-20-,28-26-,34-32-,40-38-,46-44-,52-50-,58-56-. The number of carbonyl (C=O) groups is 3. The van der Waals surface area contributed by atoms with Crippen molar-refractivity contribution in [2.75, 3.05) is 47.5 Å². The molecule has 0 fully saturated rings. The number of aliphatic carboxylic acids is 1. The molecular formula is C73H125NO8. The maximum atomic E-state index is 12.9. The van der Waals surface area contributed by atoms with Crippen LogP contribution < -0.4 is 5.11 Å². The highest BCUT2D eigenvalue weighted by molar-refractivity contribution is 5.70. The number of rotatable bonds is 61. The van der Waals surface area contributed by atoms with E-state index in [4.69, 9.17) is 18.9 Å². The molecule has 9 heteroatoms. The Morgan fingerprint density at radius 3 is 1.02 bits per heavy atom. The minimum absolute atomic E-state index is 0.132. The van der Waals surface area contributed by atoms with Gasteiger partial charge in [-0.3, -0.25) is 9.59 Å². The van der Waals surface area contributed by atoms with E-state index < -0.39 is 24.3 Å². The molecular weight excluding hydrogens is 1020 g/mol. The van der Waals surface area contributed by atoms with Gasteiger partial charge in [0.2, 0.25) is 0 Å². The van der Waals surface area contributed by atoms with Crippen molar-refractivity contribution in [3.8, 4) is 0 Å². The van der Waals surface area contributed by atoms with E-state index in [2.05, 4.69) is 123 Å². The van der Waals surface area contributed by atoms with E-state index in [1.165, 1.54) is 161 Å². The molecule has 9 nitrogen and oxygen atoms in total. The molecule has 0 aliphatic carbocycles. The van der Waals surface area contributed by atoms with Crippen LogP contribution in [-0.4, -0.2) is 82.3 Å². The van der Waals surface area contributed by atoms with E-state index in [0.29, 0.717) is 23.9 Å². The Balaban J connectivity index is 4.26. The highest BCUT2D eigenvalue weighted by Gasteiger charge is 2.22. The fourth-order valence-electron chi connectivity index (χ4n) is 9.19. The number of carboxylic acid groups (broad SMARTS) is 1. The van der Waals surface area contributed by atoms with Crippen LogP contribution in [-0.2, 0) is 33.3 Å². The van der Waals surface area contributed by atoms with E-state index in [1.54, 1.807) is 0 Å². The monoisotopic (exact) mass is 1140 g/mol. The van der Waals surface area contributed by atoms with Crippen LogP contribution in [0, 0.1) is 0 Å². The Morgan fingerprint density at radius 1 is 0.378 bits per heavy atom. The van der Waals surface area contributed by atoms with Gasteiger partial charge < -0.3 is 33.3 Å². The molecule has 0 aromatic heterocycles. The summed E-state index contributed by atoms with van der Waals surface area (Å²) in [5.41, 5.74) is 0. The van der Waals surface area contributed by atoms with E-state index in [0.717, 1.165) is 77.0 Å². The van der Waals surface area contributed by atoms with Crippen molar-refractivity contribution in [2.45, 2.75) is 289 Å². The van der Waals surface area contributed by atoms with Gasteiger partial charge in [-0.05, 0) is 77.0 Å². The Kier molecular flexibility index (Phi) is 59.9. The second-order valence-electron chi connectivity index (χ2n) is 23.4. The van der Waals surface area contributed by atoms with Crippen molar-refractivity contribution in [3.63, 3.8) is 0 Å². The number of hydrogen-bond donors (Lipinski definition) is 0. The molecule has 0 aromatic carbocycles. The molecule has 0 bridgehead atoms. The summed E-state index contributed by atoms with van der Waals surface area (Å²) in [7, 11) is 5.91. The topological polar surface area (TPSA) is 111 Å². The molecule has 0 aliphatic rings. The predicted octanol–water partition coefficient (Wildman–Crippen LogP) is 19.3. The molecule has 0 heterocycles. The molecule has 0 spiro atoms. The molecule has 470 valence electrons. The summed E-state index contributed by atoms with van der Waals surface area (Å²) in [6.45, 7) is 4.59. The number of nitrogens with zero attached hydrogens (tertiary/aromatic N) is 1. The fourth-order valence-corrected chi connectivity index (χ4v) is 9.19. The van der Waals surface area contributed by atoms with Gasteiger partial charge in [0.25, 0.3) is 0 Å². The van der Waals surface area contributed by atoms with Crippen LogP contribution in [0.25, 0.3) is 0 Å². The third kappa shape index (κ3) is 63.5. The lowest BCUT2D eigenvalue weighted by atomic mass is 10.0. The third-order valence-corrected chi connectivity index (χ3v) is 14.3. The van der Waals surface area contributed by atoms with Gasteiger partial charge in [-0.1, -0.05) is 297 Å². The number of hydrogen-bond acceptors (Lipinski definition) is 8. The van der Waals surface area contributed by atoms with Crippen LogP contribution in [0.3, 0.4) is 0 Å². The number of allylic oxidation sites excluding steroid dienone is 18. The number of quaternary nitrogens is 1. The van der Waals surface area contributed by atoms with Gasteiger partial charge in [0.1, 0.15) is 13.2 Å². The summed E-state index contributed by atoms with van der Waals surface area (Å²) in [4.78, 5) is 37.4. The lowest BCUT2D eigenvalue weighted by molar-refractivity contribution is -0.870. The Bertz CT molecular complexity index is 1710. The summed E-state index contributed by atoms with van der Waals surface area (Å²) >= 11 is 0. The van der Waals surface area contributed by atoms with Gasteiger partial charge >= 0.3 is 11.9 Å². The first-order valence-corrected chi connectivity index (χ1v) is 33.5. The molecule has 0 aliphatic heterocycles. The second-order valence-corrected chi connectivity index (χ2v) is 23.4. The predicted molar refractivity (Wildman–Crippen MR) is 347 cm³/mol. The molecule has 0 N–H and O–H groups in total. The zero-order valence-electron chi connectivity index (χ0n) is 53.6. The minimum Gasteiger partial charge on any atom is -0.545 e. The van der Waals surface area contributed by atoms with Crippen molar-refractivity contribution < 1.29 is 42.9 Å². The van der Waals surface area contributed by atoms with Crippen molar-refractivity contribution in [3.05, 3.63) is 109 Å².